The number of amides is 1. The van der Waals surface area contributed by atoms with E-state index in [1.54, 1.807) is 7.05 Å². The summed E-state index contributed by atoms with van der Waals surface area (Å²) in [5.74, 6) is 0.164. The summed E-state index contributed by atoms with van der Waals surface area (Å²) in [6.45, 7) is 1.16. The van der Waals surface area contributed by atoms with Gasteiger partial charge in [-0.15, -0.1) is 0 Å². The lowest BCUT2D eigenvalue weighted by Gasteiger charge is -2.22. The molecule has 1 atom stereocenters. The molecule has 1 aromatic rings. The summed E-state index contributed by atoms with van der Waals surface area (Å²) >= 11 is 4.89. The van der Waals surface area contributed by atoms with Crippen LogP contribution in [0.1, 0.15) is 5.56 Å². The predicted molar refractivity (Wildman–Crippen MR) is 68.3 cm³/mol. The topological polar surface area (TPSA) is 91.4 Å². The van der Waals surface area contributed by atoms with E-state index in [1.807, 2.05) is 0 Å². The minimum atomic E-state index is -0.618. The molecule has 1 saturated heterocycles. The van der Waals surface area contributed by atoms with E-state index in [2.05, 4.69) is 10.4 Å². The molecule has 7 nitrogen and oxygen atoms in total. The molecule has 3 N–H and O–H groups in total. The molecule has 0 aromatic carbocycles. The number of carbonyl (C=O) groups excluding carboxylic acids is 1. The van der Waals surface area contributed by atoms with E-state index < -0.39 is 6.10 Å². The van der Waals surface area contributed by atoms with Gasteiger partial charge in [0, 0.05) is 7.05 Å². The van der Waals surface area contributed by atoms with E-state index in [0.29, 0.717) is 24.6 Å². The second kappa shape index (κ2) is 5.42. The highest BCUT2D eigenvalue weighted by Crippen LogP contribution is 2.15. The largest absolute Gasteiger partial charge is 0.389 e. The normalized spacial score (nSPS) is 19.5. The van der Waals surface area contributed by atoms with Crippen molar-refractivity contribution < 1.29 is 14.3 Å². The van der Waals surface area contributed by atoms with Gasteiger partial charge in [-0.1, -0.05) is 12.2 Å². The standard InChI is InChI=1S/C10H14N4O3S/c1-14-9(6(4-12-14)8(11)18)13-10(15)7-5-16-2-3-17-7/h4,7H,2-3,5H2,1H3,(H2,11,18)(H,13,15). The number of nitrogens with one attached hydrogen (secondary N) is 1. The Morgan fingerprint density at radius 2 is 2.44 bits per heavy atom. The van der Waals surface area contributed by atoms with Crippen LogP contribution < -0.4 is 11.1 Å². The van der Waals surface area contributed by atoms with E-state index >= 15 is 0 Å². The zero-order valence-corrected chi connectivity index (χ0v) is 10.7. The molecule has 0 spiro atoms. The maximum absolute atomic E-state index is 12.0. The van der Waals surface area contributed by atoms with Crippen LogP contribution in [0.5, 0.6) is 0 Å². The van der Waals surface area contributed by atoms with Crippen molar-refractivity contribution in [2.45, 2.75) is 6.10 Å². The zero-order valence-electron chi connectivity index (χ0n) is 9.88. The number of nitrogens with two attached hydrogens (primary N) is 1. The number of hydrogen-bond acceptors (Lipinski definition) is 5. The Hall–Kier alpha value is -1.51. The number of thiocarbonyl (C=S) groups is 1. The molecule has 8 heteroatoms. The average Bonchev–Trinajstić information content (AvgIpc) is 2.72. The molecule has 1 aliphatic rings. The molecule has 18 heavy (non-hydrogen) atoms. The number of rotatable bonds is 3. The van der Waals surface area contributed by atoms with Gasteiger partial charge in [0.25, 0.3) is 5.91 Å². The molecule has 2 heterocycles. The highest BCUT2D eigenvalue weighted by molar-refractivity contribution is 7.80. The van der Waals surface area contributed by atoms with Crippen LogP contribution in [0.15, 0.2) is 6.20 Å². The quantitative estimate of drug-likeness (QED) is 0.713. The second-order valence-corrected chi connectivity index (χ2v) is 4.26. The number of ether oxygens (including phenoxy) is 2. The lowest BCUT2D eigenvalue weighted by Crippen LogP contribution is -2.39. The van der Waals surface area contributed by atoms with Crippen LogP contribution in [-0.2, 0) is 21.3 Å². The molecular formula is C10H14N4O3S. The van der Waals surface area contributed by atoms with Crippen LogP contribution in [0.2, 0.25) is 0 Å². The maximum Gasteiger partial charge on any atom is 0.257 e. The number of aryl methyl sites for hydroxylation is 1. The number of carbonyl (C=O) groups is 1. The van der Waals surface area contributed by atoms with Gasteiger partial charge in [-0.25, -0.2) is 0 Å². The molecule has 0 radical (unpaired) electrons. The van der Waals surface area contributed by atoms with E-state index in [4.69, 9.17) is 27.4 Å². The second-order valence-electron chi connectivity index (χ2n) is 3.82. The van der Waals surface area contributed by atoms with Crippen molar-refractivity contribution in [2.75, 3.05) is 25.1 Å². The Morgan fingerprint density at radius 3 is 3.06 bits per heavy atom. The van der Waals surface area contributed by atoms with E-state index in [-0.39, 0.29) is 17.5 Å². The van der Waals surface area contributed by atoms with Crippen LogP contribution in [0.3, 0.4) is 0 Å². The lowest BCUT2D eigenvalue weighted by molar-refractivity contribution is -0.142. The summed E-state index contributed by atoms with van der Waals surface area (Å²) in [5.41, 5.74) is 6.08. The molecule has 1 fully saturated rings. The average molecular weight is 270 g/mol. The Bertz CT molecular complexity index is 468. The summed E-state index contributed by atoms with van der Waals surface area (Å²) in [6, 6.07) is 0. The third-order valence-corrected chi connectivity index (χ3v) is 2.77. The fraction of sp³-hybridized carbons (Fsp3) is 0.500. The first-order valence-electron chi connectivity index (χ1n) is 5.41. The van der Waals surface area contributed by atoms with Gasteiger partial charge in [-0.2, -0.15) is 5.10 Å². The number of nitrogens with zero attached hydrogens (tertiary/aromatic N) is 2. The van der Waals surface area contributed by atoms with Crippen molar-refractivity contribution >= 4 is 28.9 Å². The first-order valence-corrected chi connectivity index (χ1v) is 5.82. The maximum atomic E-state index is 12.0. The van der Waals surface area contributed by atoms with Gasteiger partial charge in [0.05, 0.1) is 31.6 Å². The number of hydrogen-bond donors (Lipinski definition) is 2. The van der Waals surface area contributed by atoms with Crippen molar-refractivity contribution in [1.82, 2.24) is 9.78 Å². The van der Waals surface area contributed by atoms with Gasteiger partial charge in [-0.05, 0) is 0 Å². The van der Waals surface area contributed by atoms with E-state index in [0.717, 1.165) is 0 Å². The fourth-order valence-electron chi connectivity index (χ4n) is 1.60. The SMILES string of the molecule is Cn1ncc(C(N)=S)c1NC(=O)C1COCCO1. The summed E-state index contributed by atoms with van der Waals surface area (Å²) in [5, 5.41) is 6.70. The minimum absolute atomic E-state index is 0.180. The first-order chi connectivity index (χ1) is 8.59. The highest BCUT2D eigenvalue weighted by Gasteiger charge is 2.24. The molecule has 1 unspecified atom stereocenters. The van der Waals surface area contributed by atoms with Crippen LogP contribution in [0.4, 0.5) is 5.82 Å². The van der Waals surface area contributed by atoms with Gasteiger partial charge in [0.2, 0.25) is 0 Å². The van der Waals surface area contributed by atoms with Gasteiger partial charge in [-0.3, -0.25) is 9.48 Å². The monoisotopic (exact) mass is 270 g/mol. The Labute approximate surface area is 109 Å². The Morgan fingerprint density at radius 1 is 1.67 bits per heavy atom. The molecule has 2 rings (SSSR count). The molecule has 0 aliphatic carbocycles. The summed E-state index contributed by atoms with van der Waals surface area (Å²) in [7, 11) is 1.69. The first kappa shape index (κ1) is 12.9. The van der Waals surface area contributed by atoms with Gasteiger partial charge >= 0.3 is 0 Å². The highest BCUT2D eigenvalue weighted by atomic mass is 32.1. The smallest absolute Gasteiger partial charge is 0.257 e. The molecule has 1 aromatic heterocycles. The summed E-state index contributed by atoms with van der Waals surface area (Å²) in [4.78, 5) is 12.1. The molecular weight excluding hydrogens is 256 g/mol. The Balaban J connectivity index is 2.10. The van der Waals surface area contributed by atoms with Crippen molar-refractivity contribution in [3.05, 3.63) is 11.8 Å². The molecule has 1 aliphatic heterocycles. The lowest BCUT2D eigenvalue weighted by atomic mass is 10.3. The van der Waals surface area contributed by atoms with Gasteiger partial charge in [0.1, 0.15) is 10.8 Å². The third kappa shape index (κ3) is 2.66. The van der Waals surface area contributed by atoms with Crippen molar-refractivity contribution in [3.63, 3.8) is 0 Å². The van der Waals surface area contributed by atoms with Gasteiger partial charge in [0.15, 0.2) is 6.10 Å². The molecule has 0 saturated carbocycles. The van der Waals surface area contributed by atoms with Crippen LogP contribution in [-0.4, -0.2) is 46.6 Å². The van der Waals surface area contributed by atoms with Crippen LogP contribution in [0, 0.1) is 0 Å². The Kier molecular flexibility index (Phi) is 3.90. The zero-order chi connectivity index (χ0) is 13.1. The summed E-state index contributed by atoms with van der Waals surface area (Å²) < 4.78 is 12.0. The summed E-state index contributed by atoms with van der Waals surface area (Å²) in [6.07, 6.45) is 0.892. The van der Waals surface area contributed by atoms with Gasteiger partial charge < -0.3 is 20.5 Å². The minimum Gasteiger partial charge on any atom is -0.389 e. The van der Waals surface area contributed by atoms with Crippen LogP contribution >= 0.6 is 12.2 Å². The van der Waals surface area contributed by atoms with E-state index in [9.17, 15) is 4.79 Å². The van der Waals surface area contributed by atoms with Crippen molar-refractivity contribution in [3.8, 4) is 0 Å². The van der Waals surface area contributed by atoms with Crippen molar-refractivity contribution in [1.29, 1.82) is 0 Å². The number of aromatic nitrogens is 2. The molecule has 0 bridgehead atoms. The van der Waals surface area contributed by atoms with Crippen molar-refractivity contribution in [2.24, 2.45) is 12.8 Å². The molecule has 98 valence electrons. The fourth-order valence-corrected chi connectivity index (χ4v) is 1.75. The third-order valence-electron chi connectivity index (χ3n) is 2.55. The van der Waals surface area contributed by atoms with Crippen LogP contribution in [0.25, 0.3) is 0 Å². The number of anilines is 1. The predicted octanol–water partition coefficient (Wildman–Crippen LogP) is -0.592. The van der Waals surface area contributed by atoms with E-state index in [1.165, 1.54) is 10.9 Å². The molecule has 1 amide bonds.